The summed E-state index contributed by atoms with van der Waals surface area (Å²) < 4.78 is 17.9. The van der Waals surface area contributed by atoms with Gasteiger partial charge >= 0.3 is 0 Å². The summed E-state index contributed by atoms with van der Waals surface area (Å²) in [6.07, 6.45) is 2.08. The lowest BCUT2D eigenvalue weighted by molar-refractivity contribution is 0.957. The molecule has 460 valence electrons. The average molecular weight is 1260 g/mol. The fourth-order valence-corrected chi connectivity index (χ4v) is 17.2. The summed E-state index contributed by atoms with van der Waals surface area (Å²) in [6.45, 7) is 0. The summed E-state index contributed by atoms with van der Waals surface area (Å²) in [4.78, 5) is 5.43. The van der Waals surface area contributed by atoms with Crippen molar-refractivity contribution in [3.8, 4) is 50.9 Å². The third-order valence-electron chi connectivity index (χ3n) is 21.2. The van der Waals surface area contributed by atoms with Crippen LogP contribution in [0.4, 0.5) is 0 Å². The van der Waals surface area contributed by atoms with Crippen molar-refractivity contribution in [2.24, 2.45) is 0 Å². The highest BCUT2D eigenvalue weighted by Gasteiger charge is 2.37. The van der Waals surface area contributed by atoms with Gasteiger partial charge in [0.25, 0.3) is 0 Å². The van der Waals surface area contributed by atoms with Crippen molar-refractivity contribution in [3.63, 3.8) is 0 Å². The number of benzene rings is 15. The van der Waals surface area contributed by atoms with Gasteiger partial charge in [0.15, 0.2) is 0 Å². The van der Waals surface area contributed by atoms with Crippen LogP contribution >= 0.6 is 0 Å². The van der Waals surface area contributed by atoms with E-state index in [1.54, 1.807) is 0 Å². The molecule has 0 spiro atoms. The predicted octanol–water partition coefficient (Wildman–Crippen LogP) is 23.3. The molecule has 7 heterocycles. The minimum absolute atomic E-state index is 0.888. The van der Waals surface area contributed by atoms with E-state index in [-0.39, 0.29) is 0 Å². The zero-order chi connectivity index (χ0) is 64.6. The molecule has 0 saturated carbocycles. The molecule has 0 bridgehead atoms. The van der Waals surface area contributed by atoms with Crippen LogP contribution in [0, 0.1) is 0 Å². The standard InChI is InChI=1S/C91H56N8/c1-2-26-59(27-3-1)94-73-39-15-12-36-68(73)70-54-57(50-52-83(70)94)58-51-53-84-71(55-58)69-37-13-24-48-82(69)99(84)91-89(97-78-44-20-8-32-64(78)65-33-9-21-45-79(65)97)87(95-74-40-16-4-28-60(74)61-29-5-17-41-75(61)95)86(93-56-92-72-38-14-25-49-85(72)93)88(96-76-42-18-6-30-62(76)63-31-7-19-43-77(63)96)90(91)98-80-46-22-10-34-66(80)67-35-11-23-47-81(67)98/h1-56H. The van der Waals surface area contributed by atoms with Crippen LogP contribution in [0.15, 0.2) is 340 Å². The van der Waals surface area contributed by atoms with E-state index in [4.69, 9.17) is 4.98 Å². The third-order valence-corrected chi connectivity index (χ3v) is 21.2. The van der Waals surface area contributed by atoms with E-state index < -0.39 is 0 Å². The highest BCUT2D eigenvalue weighted by molar-refractivity contribution is 6.19. The molecule has 0 amide bonds. The Morgan fingerprint density at radius 1 is 0.172 bits per heavy atom. The maximum absolute atomic E-state index is 5.43. The molecule has 0 saturated heterocycles. The first kappa shape index (κ1) is 53.9. The van der Waals surface area contributed by atoms with E-state index in [2.05, 4.69) is 372 Å². The molecule has 0 radical (unpaired) electrons. The van der Waals surface area contributed by atoms with Crippen LogP contribution in [0.25, 0.3) is 193 Å². The van der Waals surface area contributed by atoms with Crippen LogP contribution < -0.4 is 0 Å². The lowest BCUT2D eigenvalue weighted by Crippen LogP contribution is -2.20. The highest BCUT2D eigenvalue weighted by atomic mass is 15.2. The maximum atomic E-state index is 5.43. The molecule has 7 aromatic heterocycles. The van der Waals surface area contributed by atoms with Gasteiger partial charge in [0.1, 0.15) is 6.33 Å². The molecule has 0 aliphatic carbocycles. The van der Waals surface area contributed by atoms with Crippen molar-refractivity contribution in [1.29, 1.82) is 0 Å². The SMILES string of the molecule is c1ccc(-n2c3ccccc3c3cc(-c4ccc5c(c4)c4ccccc4n5-c4c(-n5c6ccccc6c6ccccc65)c(-n5c6ccccc6c6ccccc65)c(-n5cnc6ccccc65)c(-n5c6ccccc6c6ccccc65)c4-n4c5ccccc5c5ccccc54)ccc32)cc1. The second-order valence-electron chi connectivity index (χ2n) is 26.2. The lowest BCUT2D eigenvalue weighted by Gasteiger charge is -2.32. The fraction of sp³-hybridized carbons (Fsp3) is 0. The molecular formula is C91H56N8. The monoisotopic (exact) mass is 1260 g/mol. The normalized spacial score (nSPS) is 12.2. The molecule has 22 aromatic rings. The van der Waals surface area contributed by atoms with Gasteiger partial charge in [0.2, 0.25) is 0 Å². The van der Waals surface area contributed by atoms with E-state index in [0.717, 1.165) is 171 Å². The Hall–Kier alpha value is -13.4. The van der Waals surface area contributed by atoms with Crippen LogP contribution in [-0.2, 0) is 0 Å². The highest BCUT2D eigenvalue weighted by Crippen LogP contribution is 2.54. The summed E-state index contributed by atoms with van der Waals surface area (Å²) >= 11 is 0. The quantitative estimate of drug-likeness (QED) is 0.150. The number of fused-ring (bicyclic) bond motifs is 19. The Labute approximate surface area is 566 Å². The number of nitrogens with zero attached hydrogens (tertiary/aromatic N) is 8. The molecule has 0 aliphatic rings. The van der Waals surface area contributed by atoms with Gasteiger partial charge in [0, 0.05) is 70.3 Å². The van der Waals surface area contributed by atoms with Gasteiger partial charge < -0.3 is 27.4 Å². The zero-order valence-electron chi connectivity index (χ0n) is 53.4. The minimum Gasteiger partial charge on any atom is -0.309 e. The minimum atomic E-state index is 0.888. The van der Waals surface area contributed by atoms with Crippen molar-refractivity contribution in [2.75, 3.05) is 0 Å². The summed E-state index contributed by atoms with van der Waals surface area (Å²) in [5.41, 5.74) is 24.2. The molecule has 0 atom stereocenters. The molecule has 22 rings (SSSR count). The predicted molar refractivity (Wildman–Crippen MR) is 413 cm³/mol. The van der Waals surface area contributed by atoms with Crippen molar-refractivity contribution in [2.45, 2.75) is 0 Å². The lowest BCUT2D eigenvalue weighted by atomic mass is 10.0. The van der Waals surface area contributed by atoms with Gasteiger partial charge in [-0.15, -0.1) is 0 Å². The topological polar surface area (TPSA) is 47.4 Å². The van der Waals surface area contributed by atoms with Gasteiger partial charge in [-0.3, -0.25) is 4.57 Å². The number of rotatable bonds is 8. The first-order valence-electron chi connectivity index (χ1n) is 33.9. The molecular weight excluding hydrogens is 1210 g/mol. The molecule has 8 heteroatoms. The van der Waals surface area contributed by atoms with Crippen LogP contribution in [0.1, 0.15) is 0 Å². The van der Waals surface area contributed by atoms with Gasteiger partial charge in [-0.1, -0.05) is 224 Å². The summed E-state index contributed by atoms with van der Waals surface area (Å²) in [5, 5.41) is 13.9. The van der Waals surface area contributed by atoms with E-state index in [9.17, 15) is 0 Å². The molecule has 0 fully saturated rings. The molecule has 8 nitrogen and oxygen atoms in total. The molecule has 0 N–H and O–H groups in total. The summed E-state index contributed by atoms with van der Waals surface area (Å²) in [5.74, 6) is 0. The van der Waals surface area contributed by atoms with Crippen molar-refractivity contribution >= 4 is 142 Å². The van der Waals surface area contributed by atoms with E-state index >= 15 is 0 Å². The number of aromatic nitrogens is 8. The van der Waals surface area contributed by atoms with Crippen molar-refractivity contribution in [3.05, 3.63) is 340 Å². The van der Waals surface area contributed by atoms with Crippen LogP contribution in [0.3, 0.4) is 0 Å². The van der Waals surface area contributed by atoms with Crippen molar-refractivity contribution < 1.29 is 0 Å². The Balaban J connectivity index is 1.02. The van der Waals surface area contributed by atoms with Crippen molar-refractivity contribution in [1.82, 2.24) is 37.0 Å². The number of hydrogen-bond donors (Lipinski definition) is 0. The van der Waals surface area contributed by atoms with Gasteiger partial charge in [0.05, 0.1) is 111 Å². The first-order valence-corrected chi connectivity index (χ1v) is 33.9. The third kappa shape index (κ3) is 7.43. The van der Waals surface area contributed by atoms with Crippen LogP contribution in [0.5, 0.6) is 0 Å². The fourth-order valence-electron chi connectivity index (χ4n) is 17.2. The Morgan fingerprint density at radius 2 is 0.404 bits per heavy atom. The average Bonchev–Trinajstić information content (AvgIpc) is 1.58. The second kappa shape index (κ2) is 20.5. The molecule has 0 unspecified atom stereocenters. The van der Waals surface area contributed by atoms with E-state index in [1.165, 1.54) is 21.8 Å². The van der Waals surface area contributed by atoms with Gasteiger partial charge in [-0.25, -0.2) is 4.98 Å². The smallest absolute Gasteiger partial charge is 0.101 e. The summed E-state index contributed by atoms with van der Waals surface area (Å²) in [7, 11) is 0. The van der Waals surface area contributed by atoms with Crippen LogP contribution in [0.2, 0.25) is 0 Å². The zero-order valence-corrected chi connectivity index (χ0v) is 53.4. The van der Waals surface area contributed by atoms with E-state index in [1.807, 2.05) is 0 Å². The Kier molecular flexibility index (Phi) is 11.2. The number of imidazole rings is 1. The number of para-hydroxylation sites is 13. The maximum Gasteiger partial charge on any atom is 0.101 e. The molecule has 15 aromatic carbocycles. The first-order chi connectivity index (χ1) is 49.2. The molecule has 0 aliphatic heterocycles. The second-order valence-corrected chi connectivity index (χ2v) is 26.2. The Bertz CT molecular complexity index is 6710. The largest absolute Gasteiger partial charge is 0.309 e. The molecule has 99 heavy (non-hydrogen) atoms. The van der Waals surface area contributed by atoms with Gasteiger partial charge in [-0.05, 0) is 120 Å². The van der Waals surface area contributed by atoms with Gasteiger partial charge in [-0.2, -0.15) is 0 Å². The van der Waals surface area contributed by atoms with E-state index in [0.29, 0.717) is 0 Å². The van der Waals surface area contributed by atoms with Crippen LogP contribution in [-0.4, -0.2) is 37.0 Å². The Morgan fingerprint density at radius 3 is 0.727 bits per heavy atom. The summed E-state index contributed by atoms with van der Waals surface area (Å²) in [6, 6.07) is 124. The number of hydrogen-bond acceptors (Lipinski definition) is 1.